The number of hydrogen-bond donors (Lipinski definition) is 2. The summed E-state index contributed by atoms with van der Waals surface area (Å²) in [4.78, 5) is 2.26. The molecule has 2 aliphatic rings. The molecule has 3 heterocycles. The van der Waals surface area contributed by atoms with E-state index in [1.165, 1.54) is 25.7 Å². The summed E-state index contributed by atoms with van der Waals surface area (Å²) >= 11 is 0. The van der Waals surface area contributed by atoms with Crippen molar-refractivity contribution in [3.63, 3.8) is 0 Å². The number of nitrogens with zero attached hydrogens (tertiary/aromatic N) is 5. The molecule has 7 heteroatoms. The molecule has 124 valence electrons. The summed E-state index contributed by atoms with van der Waals surface area (Å²) in [5.74, 6) is 0. The Balaban J connectivity index is 1.42. The molecule has 1 atom stereocenters. The maximum Gasteiger partial charge on any atom is 0.123 e. The van der Waals surface area contributed by atoms with E-state index in [9.17, 15) is 5.11 Å². The molecule has 2 fully saturated rings. The van der Waals surface area contributed by atoms with E-state index >= 15 is 0 Å². The van der Waals surface area contributed by atoms with Crippen LogP contribution in [0.4, 0.5) is 0 Å². The minimum atomic E-state index is -0.904. The highest BCUT2D eigenvalue weighted by atomic mass is 16.3. The summed E-state index contributed by atoms with van der Waals surface area (Å²) in [7, 11) is 0. The number of aliphatic hydroxyl groups is 1. The molecule has 1 saturated heterocycles. The molecule has 1 aliphatic carbocycles. The van der Waals surface area contributed by atoms with Crippen LogP contribution in [-0.4, -0.2) is 48.3 Å². The van der Waals surface area contributed by atoms with E-state index in [0.717, 1.165) is 31.6 Å². The van der Waals surface area contributed by atoms with Gasteiger partial charge >= 0.3 is 0 Å². The van der Waals surface area contributed by atoms with E-state index in [0.29, 0.717) is 18.3 Å². The highest BCUT2D eigenvalue weighted by molar-refractivity contribution is 5.09. The molecular formula is C16H24N6O. The lowest BCUT2D eigenvalue weighted by molar-refractivity contribution is -0.0417. The smallest absolute Gasteiger partial charge is 0.123 e. The Kier molecular flexibility index (Phi) is 3.90. The van der Waals surface area contributed by atoms with Crippen molar-refractivity contribution in [2.24, 2.45) is 0 Å². The van der Waals surface area contributed by atoms with Gasteiger partial charge in [-0.05, 0) is 38.3 Å². The maximum atomic E-state index is 10.9. The molecule has 1 saturated carbocycles. The SMILES string of the molecule is O[C@@]1(c2cn[nH]n2)CCCN(Cc2ccn(C3CCCC3)n2)C1. The summed E-state index contributed by atoms with van der Waals surface area (Å²) < 4.78 is 2.14. The van der Waals surface area contributed by atoms with Crippen molar-refractivity contribution in [1.82, 2.24) is 30.1 Å². The van der Waals surface area contributed by atoms with E-state index in [1.807, 2.05) is 0 Å². The van der Waals surface area contributed by atoms with Gasteiger partial charge in [-0.15, -0.1) is 0 Å². The fourth-order valence-electron chi connectivity index (χ4n) is 3.96. The second-order valence-corrected chi connectivity index (χ2v) is 6.93. The molecule has 7 nitrogen and oxygen atoms in total. The Hall–Kier alpha value is -1.73. The van der Waals surface area contributed by atoms with Gasteiger partial charge in [0, 0.05) is 19.3 Å². The Morgan fingerprint density at radius 3 is 2.96 bits per heavy atom. The third-order valence-corrected chi connectivity index (χ3v) is 5.19. The lowest BCUT2D eigenvalue weighted by Crippen LogP contribution is -2.46. The molecule has 0 aromatic carbocycles. The average molecular weight is 316 g/mol. The monoisotopic (exact) mass is 316 g/mol. The summed E-state index contributed by atoms with van der Waals surface area (Å²) in [5.41, 5.74) is 0.819. The Bertz CT molecular complexity index is 633. The predicted octanol–water partition coefficient (Wildman–Crippen LogP) is 1.60. The van der Waals surface area contributed by atoms with Gasteiger partial charge in [-0.2, -0.15) is 20.5 Å². The zero-order valence-corrected chi connectivity index (χ0v) is 13.4. The minimum absolute atomic E-state index is 0.579. The number of aromatic amines is 1. The van der Waals surface area contributed by atoms with Gasteiger partial charge in [0.1, 0.15) is 11.3 Å². The number of hydrogen-bond acceptors (Lipinski definition) is 5. The third kappa shape index (κ3) is 3.03. The molecule has 1 aliphatic heterocycles. The number of piperidine rings is 1. The first-order valence-corrected chi connectivity index (χ1v) is 8.58. The van der Waals surface area contributed by atoms with Crippen LogP contribution in [-0.2, 0) is 12.1 Å². The van der Waals surface area contributed by atoms with E-state index in [-0.39, 0.29) is 0 Å². The van der Waals surface area contributed by atoms with Crippen LogP contribution in [0.1, 0.15) is 56.0 Å². The van der Waals surface area contributed by atoms with Crippen molar-refractivity contribution in [3.05, 3.63) is 29.8 Å². The van der Waals surface area contributed by atoms with Crippen molar-refractivity contribution < 1.29 is 5.11 Å². The molecule has 0 unspecified atom stereocenters. The molecule has 4 rings (SSSR count). The summed E-state index contributed by atoms with van der Waals surface area (Å²) in [5, 5.41) is 26.1. The Morgan fingerprint density at radius 2 is 2.17 bits per heavy atom. The van der Waals surface area contributed by atoms with Crippen molar-refractivity contribution in [3.8, 4) is 0 Å². The van der Waals surface area contributed by atoms with Crippen LogP contribution >= 0.6 is 0 Å². The predicted molar refractivity (Wildman–Crippen MR) is 84.5 cm³/mol. The fourth-order valence-corrected chi connectivity index (χ4v) is 3.96. The van der Waals surface area contributed by atoms with Gasteiger partial charge in [0.25, 0.3) is 0 Å². The van der Waals surface area contributed by atoms with Gasteiger partial charge in [0.05, 0.1) is 17.9 Å². The number of H-pyrrole nitrogens is 1. The second-order valence-electron chi connectivity index (χ2n) is 6.93. The first-order chi connectivity index (χ1) is 11.2. The molecule has 23 heavy (non-hydrogen) atoms. The molecular weight excluding hydrogens is 292 g/mol. The van der Waals surface area contributed by atoms with Gasteiger partial charge in [-0.3, -0.25) is 9.58 Å². The van der Waals surface area contributed by atoms with E-state index < -0.39 is 5.60 Å². The standard InChI is InChI=1S/C16H24N6O/c23-16(15-10-17-20-18-15)7-3-8-21(12-16)11-13-6-9-22(19-13)14-4-1-2-5-14/h6,9-10,14,23H,1-5,7-8,11-12H2,(H,17,18,20)/t16-/m0/s1. The lowest BCUT2D eigenvalue weighted by Gasteiger charge is -2.37. The molecule has 0 amide bonds. The first-order valence-electron chi connectivity index (χ1n) is 8.58. The van der Waals surface area contributed by atoms with E-state index in [1.54, 1.807) is 6.20 Å². The summed E-state index contributed by atoms with van der Waals surface area (Å²) in [6, 6.07) is 2.69. The first kappa shape index (κ1) is 14.8. The lowest BCUT2D eigenvalue weighted by atomic mass is 9.90. The molecule has 0 spiro atoms. The Morgan fingerprint density at radius 1 is 1.30 bits per heavy atom. The number of rotatable bonds is 4. The van der Waals surface area contributed by atoms with Crippen molar-refractivity contribution in [2.45, 2.75) is 56.7 Å². The van der Waals surface area contributed by atoms with Crippen LogP contribution in [0, 0.1) is 0 Å². The van der Waals surface area contributed by atoms with E-state index in [2.05, 4.69) is 37.3 Å². The van der Waals surface area contributed by atoms with Gasteiger partial charge in [-0.25, -0.2) is 0 Å². The molecule has 2 aromatic rings. The van der Waals surface area contributed by atoms with Crippen LogP contribution in [0.2, 0.25) is 0 Å². The number of aromatic nitrogens is 5. The highest BCUT2D eigenvalue weighted by Gasteiger charge is 2.37. The van der Waals surface area contributed by atoms with Crippen LogP contribution in [0.5, 0.6) is 0 Å². The van der Waals surface area contributed by atoms with Gasteiger partial charge in [0.15, 0.2) is 0 Å². The third-order valence-electron chi connectivity index (χ3n) is 5.19. The second kappa shape index (κ2) is 6.05. The molecule has 2 aromatic heterocycles. The summed E-state index contributed by atoms with van der Waals surface area (Å²) in [6.45, 7) is 2.34. The average Bonchev–Trinajstić information content (AvgIpc) is 3.29. The quantitative estimate of drug-likeness (QED) is 0.895. The van der Waals surface area contributed by atoms with Crippen molar-refractivity contribution in [2.75, 3.05) is 13.1 Å². The maximum absolute atomic E-state index is 10.9. The van der Waals surface area contributed by atoms with Gasteiger partial charge in [-0.1, -0.05) is 12.8 Å². The number of likely N-dealkylation sites (tertiary alicyclic amines) is 1. The molecule has 2 N–H and O–H groups in total. The Labute approximate surface area is 135 Å². The van der Waals surface area contributed by atoms with Crippen LogP contribution in [0.15, 0.2) is 18.5 Å². The number of β-amino-alcohol motifs (C(OH)–C–C–N with tert-alkyl or cyclic N) is 1. The van der Waals surface area contributed by atoms with Gasteiger partial charge in [0.2, 0.25) is 0 Å². The van der Waals surface area contributed by atoms with Crippen molar-refractivity contribution >= 4 is 0 Å². The minimum Gasteiger partial charge on any atom is -0.382 e. The highest BCUT2D eigenvalue weighted by Crippen LogP contribution is 2.31. The number of nitrogens with one attached hydrogen (secondary N) is 1. The van der Waals surface area contributed by atoms with Crippen LogP contribution < -0.4 is 0 Å². The molecule has 0 bridgehead atoms. The largest absolute Gasteiger partial charge is 0.382 e. The zero-order chi connectivity index (χ0) is 15.7. The normalized spacial score (nSPS) is 26.8. The van der Waals surface area contributed by atoms with E-state index in [4.69, 9.17) is 5.10 Å². The summed E-state index contributed by atoms with van der Waals surface area (Å²) in [6.07, 6.45) is 10.5. The zero-order valence-electron chi connectivity index (χ0n) is 13.4. The van der Waals surface area contributed by atoms with Gasteiger partial charge < -0.3 is 5.11 Å². The molecule has 0 radical (unpaired) electrons. The van der Waals surface area contributed by atoms with Crippen molar-refractivity contribution in [1.29, 1.82) is 0 Å². The topological polar surface area (TPSA) is 82.9 Å². The van der Waals surface area contributed by atoms with Crippen LogP contribution in [0.3, 0.4) is 0 Å². The van der Waals surface area contributed by atoms with Crippen LogP contribution in [0.25, 0.3) is 0 Å². The fraction of sp³-hybridized carbons (Fsp3) is 0.688.